The number of likely N-dealkylation sites (tertiary alicyclic amines) is 2. The lowest BCUT2D eigenvalue weighted by molar-refractivity contribution is -0.186. The predicted octanol–water partition coefficient (Wildman–Crippen LogP) is 13.7. The lowest BCUT2D eigenvalue weighted by Gasteiger charge is -2.55. The minimum Gasteiger partial charge on any atom is -0.496 e. The van der Waals surface area contributed by atoms with Crippen LogP contribution in [0.25, 0.3) is 21.8 Å². The summed E-state index contributed by atoms with van der Waals surface area (Å²) < 4.78 is 91.0. The van der Waals surface area contributed by atoms with Crippen molar-refractivity contribution in [3.63, 3.8) is 0 Å². The van der Waals surface area contributed by atoms with Crippen LogP contribution in [0.4, 0.5) is 38.8 Å². The summed E-state index contributed by atoms with van der Waals surface area (Å²) in [7, 11) is 5.97. The first-order valence-corrected chi connectivity index (χ1v) is 31.1. The van der Waals surface area contributed by atoms with E-state index in [1.54, 1.807) is 43.3 Å². The molecule has 12 rings (SSSR count). The van der Waals surface area contributed by atoms with E-state index in [0.29, 0.717) is 49.7 Å². The van der Waals surface area contributed by atoms with Gasteiger partial charge < -0.3 is 38.2 Å². The number of fused-ring (bicyclic) bond motifs is 2. The van der Waals surface area contributed by atoms with E-state index in [-0.39, 0.29) is 48.8 Å². The Hall–Kier alpha value is -7.46. The number of anilines is 2. The first-order chi connectivity index (χ1) is 42.5. The van der Waals surface area contributed by atoms with E-state index in [2.05, 4.69) is 29.3 Å². The number of ether oxygens (including phenoxy) is 6. The monoisotopic (exact) mass is 1250 g/mol. The number of esters is 2. The van der Waals surface area contributed by atoms with Crippen LogP contribution in [0.15, 0.2) is 67.0 Å². The molecule has 0 amide bonds. The van der Waals surface area contributed by atoms with Crippen LogP contribution in [0, 0.1) is 24.7 Å². The van der Waals surface area contributed by atoms with Crippen LogP contribution in [0.3, 0.4) is 0 Å². The molecule has 4 saturated heterocycles. The van der Waals surface area contributed by atoms with Gasteiger partial charge in [0.15, 0.2) is 11.4 Å². The van der Waals surface area contributed by atoms with Gasteiger partial charge in [0.25, 0.3) is 0 Å². The van der Waals surface area contributed by atoms with Crippen molar-refractivity contribution >= 4 is 57.6 Å². The molecule has 1 atom stereocenters. The van der Waals surface area contributed by atoms with Crippen molar-refractivity contribution in [1.29, 1.82) is 0 Å². The number of rotatable bonds is 11. The van der Waals surface area contributed by atoms with Gasteiger partial charge in [-0.25, -0.2) is 46.7 Å². The molecule has 0 bridgehead atoms. The third-order valence-corrected chi connectivity index (χ3v) is 18.4. The number of carbonyl (C=O) groups excluding carboxylic acids is 4. The quantitative estimate of drug-likeness (QED) is 0.0680. The van der Waals surface area contributed by atoms with Crippen LogP contribution in [-0.4, -0.2) is 150 Å². The molecular weight excluding hydrogens is 1160 g/mol. The Bertz CT molecular complexity index is 3650. The Balaban J connectivity index is 0.000000170. The van der Waals surface area contributed by atoms with E-state index in [1.165, 1.54) is 25.2 Å². The van der Waals surface area contributed by atoms with E-state index in [1.807, 2.05) is 97.9 Å². The van der Waals surface area contributed by atoms with Crippen LogP contribution in [0.5, 0.6) is 11.5 Å². The second-order valence-electron chi connectivity index (χ2n) is 27.4. The molecule has 8 heterocycles. The molecule has 6 fully saturated rings. The Labute approximate surface area is 524 Å². The molecule has 6 aliphatic rings. The van der Waals surface area contributed by atoms with Crippen molar-refractivity contribution in [2.75, 3.05) is 84.1 Å². The van der Waals surface area contributed by atoms with Gasteiger partial charge in [-0.1, -0.05) is 12.1 Å². The molecule has 4 aromatic heterocycles. The van der Waals surface area contributed by atoms with E-state index in [4.69, 9.17) is 28.7 Å². The minimum atomic E-state index is -2.64. The summed E-state index contributed by atoms with van der Waals surface area (Å²) in [6, 6.07) is 16.5. The number of nitrogens with zero attached hydrogens (tertiary/aromatic N) is 8. The highest BCUT2D eigenvalue weighted by molar-refractivity contribution is 5.96. The van der Waals surface area contributed by atoms with E-state index in [9.17, 15) is 36.7 Å². The van der Waals surface area contributed by atoms with Crippen molar-refractivity contribution in [2.45, 2.75) is 162 Å². The summed E-state index contributed by atoms with van der Waals surface area (Å²) in [5.41, 5.74) is 4.93. The number of halogens is 4. The van der Waals surface area contributed by atoms with Crippen LogP contribution in [-0.2, 0) is 32.0 Å². The largest absolute Gasteiger partial charge is 0.496 e. The van der Waals surface area contributed by atoms with E-state index in [0.717, 1.165) is 120 Å². The highest BCUT2D eigenvalue weighted by atomic mass is 19.3. The maximum absolute atomic E-state index is 14.3. The molecule has 2 spiro atoms. The summed E-state index contributed by atoms with van der Waals surface area (Å²) in [5, 5.41) is 1.83. The maximum atomic E-state index is 14.3. The number of aromatic nitrogens is 4. The Kier molecular flexibility index (Phi) is 18.4. The number of hydrogen-bond acceptors (Lipinski definition) is 16. The number of piperidine rings is 2. The molecule has 2 aliphatic carbocycles. The third kappa shape index (κ3) is 14.0. The van der Waals surface area contributed by atoms with Gasteiger partial charge in [0.05, 0.1) is 39.5 Å². The lowest BCUT2D eigenvalue weighted by atomic mass is 9.59. The molecule has 18 nitrogen and oxygen atoms in total. The average molecular weight is 1250 g/mol. The standard InChI is InChI=1S/C34H42F2N4O5.C24H32F2N2O3.C10H12N2O2/c1-21-16-27(43-5)24(22-10-14-40(28(21)22)31(42)45-32(2,3)4)18-39-15-11-33(19-34(35,36)20-33)17-26(39)23-8-9-25(30(41)44-6)37-29(23)38-12-7-13-38;1-16-12-19(30-5)18(13-27-10-7-23(8-11-27)14-24(25,26)15-23)17-6-9-28(20(16)17)21(29)31-22(2,3)4;1-14-10(13)8-4-2-5-9(11-8)12-6-3-7-12/h8-10,14,16,26H,7,11-13,15,17-20H2,1-6H3;6,9,12H,7-8,10-11,13-15H2,1-5H3;2,4-5H,3,6-7H2,1H3. The van der Waals surface area contributed by atoms with Crippen molar-refractivity contribution in [2.24, 2.45) is 10.8 Å². The molecular formula is C68H86F4N8O10. The summed E-state index contributed by atoms with van der Waals surface area (Å²) in [6.45, 7) is 21.9. The summed E-state index contributed by atoms with van der Waals surface area (Å²) in [5.74, 6) is -2.97. The van der Waals surface area contributed by atoms with Crippen LogP contribution in [0.2, 0.25) is 0 Å². The molecule has 90 heavy (non-hydrogen) atoms. The molecule has 6 aromatic rings. The van der Waals surface area contributed by atoms with Crippen LogP contribution >= 0.6 is 0 Å². The average Bonchev–Trinajstić information content (AvgIpc) is 0.819. The Morgan fingerprint density at radius 1 is 0.578 bits per heavy atom. The Morgan fingerprint density at radius 3 is 1.51 bits per heavy atom. The molecule has 1 unspecified atom stereocenters. The number of methoxy groups -OCH3 is 4. The maximum Gasteiger partial charge on any atom is 0.419 e. The van der Waals surface area contributed by atoms with Crippen molar-refractivity contribution in [3.8, 4) is 11.5 Å². The van der Waals surface area contributed by atoms with Gasteiger partial charge in [0.1, 0.15) is 34.3 Å². The number of benzene rings is 2. The topological polar surface area (TPSA) is 172 Å². The fraction of sp³-hybridized carbons (Fsp3) is 0.559. The van der Waals surface area contributed by atoms with Crippen molar-refractivity contribution in [3.05, 3.63) is 106 Å². The number of pyridine rings is 2. The van der Waals surface area contributed by atoms with E-state index >= 15 is 0 Å². The second-order valence-corrected chi connectivity index (χ2v) is 27.4. The van der Waals surface area contributed by atoms with Crippen molar-refractivity contribution in [1.82, 2.24) is 28.9 Å². The zero-order chi connectivity index (χ0) is 64.9. The first kappa shape index (κ1) is 65.5. The van der Waals surface area contributed by atoms with Crippen LogP contribution in [0.1, 0.15) is 161 Å². The zero-order valence-corrected chi connectivity index (χ0v) is 54.0. The number of hydrogen-bond donors (Lipinski definition) is 0. The fourth-order valence-corrected chi connectivity index (χ4v) is 13.9. The highest BCUT2D eigenvalue weighted by Crippen LogP contribution is 2.61. The lowest BCUT2D eigenvalue weighted by Crippen LogP contribution is -2.53. The zero-order valence-electron chi connectivity index (χ0n) is 54.0. The van der Waals surface area contributed by atoms with Crippen LogP contribution < -0.4 is 19.3 Å². The van der Waals surface area contributed by atoms with Gasteiger partial charge in [0, 0.05) is 111 Å². The molecule has 2 saturated carbocycles. The third-order valence-electron chi connectivity index (χ3n) is 18.4. The summed E-state index contributed by atoms with van der Waals surface area (Å²) >= 11 is 0. The molecule has 0 radical (unpaired) electrons. The molecule has 0 N–H and O–H groups in total. The molecule has 2 aromatic carbocycles. The molecule has 486 valence electrons. The highest BCUT2D eigenvalue weighted by Gasteiger charge is 2.59. The summed E-state index contributed by atoms with van der Waals surface area (Å²) in [6.07, 6.45) is 7.46. The predicted molar refractivity (Wildman–Crippen MR) is 335 cm³/mol. The normalized spacial score (nSPS) is 19.8. The van der Waals surface area contributed by atoms with Gasteiger partial charge in [0.2, 0.25) is 11.8 Å². The van der Waals surface area contributed by atoms with Gasteiger partial charge in [-0.15, -0.1) is 0 Å². The molecule has 22 heteroatoms. The summed E-state index contributed by atoms with van der Waals surface area (Å²) in [4.78, 5) is 67.4. The van der Waals surface area contributed by atoms with Crippen molar-refractivity contribution < 1.29 is 65.2 Å². The Morgan fingerprint density at radius 2 is 1.06 bits per heavy atom. The second kappa shape index (κ2) is 25.3. The minimum absolute atomic E-state index is 0.0324. The van der Waals surface area contributed by atoms with Gasteiger partial charge in [-0.05, 0) is 178 Å². The molecule has 4 aliphatic heterocycles. The number of aryl methyl sites for hydroxylation is 2. The van der Waals surface area contributed by atoms with Gasteiger partial charge >= 0.3 is 24.1 Å². The van der Waals surface area contributed by atoms with Gasteiger partial charge in [-0.3, -0.25) is 18.9 Å². The van der Waals surface area contributed by atoms with E-state index < -0.39 is 46.6 Å². The smallest absolute Gasteiger partial charge is 0.419 e. The first-order valence-electron chi connectivity index (χ1n) is 31.1. The van der Waals surface area contributed by atoms with Gasteiger partial charge in [-0.2, -0.15) is 0 Å². The SMILES string of the molecule is COC(=O)c1ccc(C2CC3(CCN2Cc2c(OC)cc(C)c4c2ccn4C(=O)OC(C)(C)C)CC(F)(F)C3)c(N2CCC2)n1.COC(=O)c1cccc(N2CCC2)n1.COc1cc(C)c2c(ccn2C(=O)OC(C)(C)C)c1CN1CCC2(CC1)CC(F)(F)C2. The number of carbonyl (C=O) groups is 4. The number of alkyl halides is 4. The fourth-order valence-electron chi connectivity index (χ4n) is 13.9.